The molecule has 0 saturated heterocycles. The first-order valence-electron chi connectivity index (χ1n) is 3.48. The van der Waals surface area contributed by atoms with Crippen molar-refractivity contribution in [1.82, 2.24) is 4.90 Å². The highest BCUT2D eigenvalue weighted by Crippen LogP contribution is 1.96. The molecule has 66 valence electrons. The molecule has 0 aliphatic carbocycles. The van der Waals surface area contributed by atoms with Crippen molar-refractivity contribution in [3.05, 3.63) is 0 Å². The maximum absolute atomic E-state index is 10.6. The van der Waals surface area contributed by atoms with Crippen LogP contribution in [0.15, 0.2) is 0 Å². The Bertz CT molecular complexity index is 129. The summed E-state index contributed by atoms with van der Waals surface area (Å²) in [7, 11) is 0. The molecule has 0 fully saturated rings. The van der Waals surface area contributed by atoms with Gasteiger partial charge in [-0.25, -0.2) is 4.79 Å². The van der Waals surface area contributed by atoms with Crippen molar-refractivity contribution in [3.63, 3.8) is 0 Å². The standard InChI is InChI=1S/C6H14N2O3/c1-2-3-8(6(7)11)5(10)4-9/h5,9-10H,2-4H2,1H3,(H2,7,11). The van der Waals surface area contributed by atoms with E-state index in [0.717, 1.165) is 4.90 Å². The number of nitrogens with zero attached hydrogens (tertiary/aromatic N) is 1. The Labute approximate surface area is 65.4 Å². The molecule has 0 aliphatic heterocycles. The minimum Gasteiger partial charge on any atom is -0.392 e. The molecule has 1 atom stereocenters. The summed E-state index contributed by atoms with van der Waals surface area (Å²) in [5.41, 5.74) is 4.92. The van der Waals surface area contributed by atoms with Crippen molar-refractivity contribution >= 4 is 6.03 Å². The van der Waals surface area contributed by atoms with Crippen LogP contribution in [0, 0.1) is 0 Å². The molecule has 0 saturated carbocycles. The number of amides is 2. The number of primary amides is 1. The van der Waals surface area contributed by atoms with E-state index in [-0.39, 0.29) is 0 Å². The lowest BCUT2D eigenvalue weighted by Crippen LogP contribution is -2.45. The Hall–Kier alpha value is -0.810. The Morgan fingerprint density at radius 3 is 2.55 bits per heavy atom. The second-order valence-corrected chi connectivity index (χ2v) is 2.19. The van der Waals surface area contributed by atoms with E-state index in [4.69, 9.17) is 15.9 Å². The number of aliphatic hydroxyl groups is 2. The fourth-order valence-electron chi connectivity index (χ4n) is 0.746. The molecule has 0 aromatic rings. The summed E-state index contributed by atoms with van der Waals surface area (Å²) in [6.45, 7) is 1.72. The van der Waals surface area contributed by atoms with Gasteiger partial charge in [-0.3, -0.25) is 4.90 Å². The summed E-state index contributed by atoms with van der Waals surface area (Å²) in [4.78, 5) is 11.6. The monoisotopic (exact) mass is 162 g/mol. The quantitative estimate of drug-likeness (QED) is 0.467. The molecule has 1 unspecified atom stereocenters. The molecule has 11 heavy (non-hydrogen) atoms. The molecule has 0 rings (SSSR count). The zero-order valence-electron chi connectivity index (χ0n) is 6.53. The van der Waals surface area contributed by atoms with Crippen molar-refractivity contribution in [2.24, 2.45) is 5.73 Å². The van der Waals surface area contributed by atoms with E-state index >= 15 is 0 Å². The first-order valence-corrected chi connectivity index (χ1v) is 3.48. The highest BCUT2D eigenvalue weighted by Gasteiger charge is 2.16. The summed E-state index contributed by atoms with van der Waals surface area (Å²) in [6, 6.07) is -0.714. The molecule has 4 N–H and O–H groups in total. The maximum Gasteiger partial charge on any atom is 0.316 e. The summed E-state index contributed by atoms with van der Waals surface area (Å²) in [6.07, 6.45) is -0.479. The zero-order chi connectivity index (χ0) is 8.85. The van der Waals surface area contributed by atoms with E-state index in [1.807, 2.05) is 6.92 Å². The molecule has 0 aliphatic rings. The van der Waals surface area contributed by atoms with Gasteiger partial charge in [-0.15, -0.1) is 0 Å². The molecule has 0 aromatic heterocycles. The van der Waals surface area contributed by atoms with Gasteiger partial charge in [-0.05, 0) is 6.42 Å². The lowest BCUT2D eigenvalue weighted by molar-refractivity contribution is -0.00855. The summed E-state index contributed by atoms with van der Waals surface area (Å²) < 4.78 is 0. The number of nitrogens with two attached hydrogens (primary N) is 1. The number of hydrogen-bond acceptors (Lipinski definition) is 3. The van der Waals surface area contributed by atoms with Crippen LogP contribution < -0.4 is 5.73 Å². The van der Waals surface area contributed by atoms with E-state index in [2.05, 4.69) is 0 Å². The van der Waals surface area contributed by atoms with Crippen molar-refractivity contribution in [2.45, 2.75) is 19.6 Å². The van der Waals surface area contributed by atoms with Gasteiger partial charge in [-0.2, -0.15) is 0 Å². The van der Waals surface area contributed by atoms with Crippen LogP contribution in [0.2, 0.25) is 0 Å². The lowest BCUT2D eigenvalue weighted by Gasteiger charge is -2.23. The molecule has 5 nitrogen and oxygen atoms in total. The lowest BCUT2D eigenvalue weighted by atomic mass is 10.4. The van der Waals surface area contributed by atoms with Gasteiger partial charge in [0.1, 0.15) is 0 Å². The molecule has 0 spiro atoms. The summed E-state index contributed by atoms with van der Waals surface area (Å²) >= 11 is 0. The minimum atomic E-state index is -1.17. The van der Waals surface area contributed by atoms with Gasteiger partial charge in [0, 0.05) is 6.54 Å². The minimum absolute atomic E-state index is 0.358. The smallest absolute Gasteiger partial charge is 0.316 e. The molecule has 2 amide bonds. The highest BCUT2D eigenvalue weighted by molar-refractivity contribution is 5.72. The number of hydrogen-bond donors (Lipinski definition) is 3. The van der Waals surface area contributed by atoms with Gasteiger partial charge in [0.15, 0.2) is 6.23 Å². The van der Waals surface area contributed by atoms with Gasteiger partial charge >= 0.3 is 6.03 Å². The van der Waals surface area contributed by atoms with Crippen LogP contribution in [0.4, 0.5) is 4.79 Å². The average molecular weight is 162 g/mol. The predicted octanol–water partition coefficient (Wildman–Crippen LogP) is -0.912. The maximum atomic E-state index is 10.6. The third-order valence-electron chi connectivity index (χ3n) is 1.27. The first kappa shape index (κ1) is 10.2. The van der Waals surface area contributed by atoms with E-state index < -0.39 is 18.9 Å². The summed E-state index contributed by atoms with van der Waals surface area (Å²) in [5.74, 6) is 0. The molecular weight excluding hydrogens is 148 g/mol. The van der Waals surface area contributed by atoms with Gasteiger partial charge in [0.05, 0.1) is 6.61 Å². The van der Waals surface area contributed by atoms with Crippen LogP contribution in [-0.4, -0.2) is 40.5 Å². The van der Waals surface area contributed by atoms with Crippen molar-refractivity contribution in [1.29, 1.82) is 0 Å². The molecule has 0 bridgehead atoms. The van der Waals surface area contributed by atoms with Crippen LogP contribution in [0.1, 0.15) is 13.3 Å². The van der Waals surface area contributed by atoms with Crippen LogP contribution in [0.5, 0.6) is 0 Å². The Morgan fingerprint density at radius 1 is 1.73 bits per heavy atom. The zero-order valence-corrected chi connectivity index (χ0v) is 6.53. The second kappa shape index (κ2) is 4.92. The first-order chi connectivity index (χ1) is 5.13. The van der Waals surface area contributed by atoms with Crippen molar-refractivity contribution in [3.8, 4) is 0 Å². The molecule has 0 heterocycles. The number of carbonyl (C=O) groups is 1. The van der Waals surface area contributed by atoms with E-state index in [1.165, 1.54) is 0 Å². The van der Waals surface area contributed by atoms with Gasteiger partial charge in [-0.1, -0.05) is 6.92 Å². The highest BCUT2D eigenvalue weighted by atomic mass is 16.3. The Kier molecular flexibility index (Phi) is 4.56. The molecule has 0 aromatic carbocycles. The van der Waals surface area contributed by atoms with E-state index in [9.17, 15) is 4.79 Å². The molecular formula is C6H14N2O3. The fourth-order valence-corrected chi connectivity index (χ4v) is 0.746. The van der Waals surface area contributed by atoms with Crippen LogP contribution in [0.3, 0.4) is 0 Å². The molecule has 5 heteroatoms. The van der Waals surface area contributed by atoms with Crippen molar-refractivity contribution in [2.75, 3.05) is 13.2 Å². The summed E-state index contributed by atoms with van der Waals surface area (Å²) in [5, 5.41) is 17.5. The number of rotatable bonds is 4. The van der Waals surface area contributed by atoms with Gasteiger partial charge < -0.3 is 15.9 Å². The number of carbonyl (C=O) groups excluding carboxylic acids is 1. The van der Waals surface area contributed by atoms with Crippen molar-refractivity contribution < 1.29 is 15.0 Å². The predicted molar refractivity (Wildman–Crippen MR) is 39.7 cm³/mol. The van der Waals surface area contributed by atoms with Gasteiger partial charge in [0.25, 0.3) is 0 Å². The Balaban J connectivity index is 3.97. The third-order valence-corrected chi connectivity index (χ3v) is 1.27. The SMILES string of the molecule is CCCN(C(N)=O)C(O)CO. The van der Waals surface area contributed by atoms with E-state index in [0.29, 0.717) is 13.0 Å². The van der Waals surface area contributed by atoms with Crippen LogP contribution >= 0.6 is 0 Å². The average Bonchev–Trinajstić information content (AvgIpc) is 1.98. The number of urea groups is 1. The van der Waals surface area contributed by atoms with Crippen LogP contribution in [-0.2, 0) is 0 Å². The van der Waals surface area contributed by atoms with E-state index in [1.54, 1.807) is 0 Å². The topological polar surface area (TPSA) is 86.8 Å². The molecule has 0 radical (unpaired) electrons. The number of aliphatic hydroxyl groups excluding tert-OH is 2. The fraction of sp³-hybridized carbons (Fsp3) is 0.833. The van der Waals surface area contributed by atoms with Gasteiger partial charge in [0.2, 0.25) is 0 Å². The second-order valence-electron chi connectivity index (χ2n) is 2.19. The third kappa shape index (κ3) is 3.20. The largest absolute Gasteiger partial charge is 0.392 e. The Morgan fingerprint density at radius 2 is 2.27 bits per heavy atom. The van der Waals surface area contributed by atoms with Crippen LogP contribution in [0.25, 0.3) is 0 Å². The normalized spacial score (nSPS) is 12.6.